The summed E-state index contributed by atoms with van der Waals surface area (Å²) in [5, 5.41) is 0. The Hall–Kier alpha value is -1.07. The summed E-state index contributed by atoms with van der Waals surface area (Å²) in [5.74, 6) is -2.51. The standard InChI is InChI=1S/C13H19F2N3/c1-10-2-3-11(9-17-10)12(8-16)18-6-4-13(14,15)5-7-18/h2-3,9,12H,4-8,16H2,1H3. The zero-order valence-corrected chi connectivity index (χ0v) is 10.6. The summed E-state index contributed by atoms with van der Waals surface area (Å²) < 4.78 is 26.3. The van der Waals surface area contributed by atoms with Crippen LogP contribution in [0.1, 0.15) is 30.1 Å². The first-order valence-electron chi connectivity index (χ1n) is 6.26. The molecule has 1 unspecified atom stereocenters. The highest BCUT2D eigenvalue weighted by molar-refractivity contribution is 5.18. The Kier molecular flexibility index (Phi) is 3.92. The lowest BCUT2D eigenvalue weighted by Crippen LogP contribution is -2.43. The summed E-state index contributed by atoms with van der Waals surface area (Å²) >= 11 is 0. The molecule has 18 heavy (non-hydrogen) atoms. The maximum Gasteiger partial charge on any atom is 0.250 e. The van der Waals surface area contributed by atoms with Crippen molar-refractivity contribution in [1.82, 2.24) is 9.88 Å². The van der Waals surface area contributed by atoms with Crippen molar-refractivity contribution >= 4 is 0 Å². The zero-order chi connectivity index (χ0) is 13.2. The van der Waals surface area contributed by atoms with Gasteiger partial charge in [-0.3, -0.25) is 9.88 Å². The molecule has 1 aliphatic heterocycles. The van der Waals surface area contributed by atoms with Gasteiger partial charge >= 0.3 is 0 Å². The summed E-state index contributed by atoms with van der Waals surface area (Å²) in [7, 11) is 0. The molecule has 0 saturated carbocycles. The largest absolute Gasteiger partial charge is 0.329 e. The molecule has 1 aliphatic rings. The molecule has 1 atom stereocenters. The molecule has 0 bridgehead atoms. The minimum absolute atomic E-state index is 0.00537. The van der Waals surface area contributed by atoms with Crippen molar-refractivity contribution in [3.8, 4) is 0 Å². The Labute approximate surface area is 106 Å². The van der Waals surface area contributed by atoms with Crippen LogP contribution in [0.25, 0.3) is 0 Å². The van der Waals surface area contributed by atoms with Gasteiger partial charge in [0.1, 0.15) is 0 Å². The van der Waals surface area contributed by atoms with Crippen LogP contribution in [-0.2, 0) is 0 Å². The van der Waals surface area contributed by atoms with Crippen LogP contribution in [0.4, 0.5) is 8.78 Å². The SMILES string of the molecule is Cc1ccc(C(CN)N2CCC(F)(F)CC2)cn1. The van der Waals surface area contributed by atoms with E-state index in [0.29, 0.717) is 19.6 Å². The van der Waals surface area contributed by atoms with E-state index in [1.807, 2.05) is 24.0 Å². The number of rotatable bonds is 3. The third kappa shape index (κ3) is 3.03. The van der Waals surface area contributed by atoms with Crippen LogP contribution in [0.3, 0.4) is 0 Å². The second-order valence-corrected chi connectivity index (χ2v) is 4.88. The molecule has 100 valence electrons. The van der Waals surface area contributed by atoms with Gasteiger partial charge in [0.05, 0.1) is 0 Å². The molecule has 1 saturated heterocycles. The topological polar surface area (TPSA) is 42.1 Å². The second-order valence-electron chi connectivity index (χ2n) is 4.88. The molecule has 0 radical (unpaired) electrons. The molecule has 2 rings (SSSR count). The molecule has 1 aromatic heterocycles. The number of halogens is 2. The minimum atomic E-state index is -2.51. The minimum Gasteiger partial charge on any atom is -0.329 e. The summed E-state index contributed by atoms with van der Waals surface area (Å²) in [5.41, 5.74) is 7.74. The summed E-state index contributed by atoms with van der Waals surface area (Å²) in [6.07, 6.45) is 1.63. The van der Waals surface area contributed by atoms with Crippen LogP contribution in [0.15, 0.2) is 18.3 Å². The number of pyridine rings is 1. The van der Waals surface area contributed by atoms with Gasteiger partial charge in [0, 0.05) is 50.4 Å². The maximum absolute atomic E-state index is 13.1. The van der Waals surface area contributed by atoms with Crippen LogP contribution >= 0.6 is 0 Å². The van der Waals surface area contributed by atoms with Gasteiger partial charge in [0.2, 0.25) is 0 Å². The highest BCUT2D eigenvalue weighted by Crippen LogP contribution is 2.31. The Balaban J connectivity index is 2.08. The molecule has 1 fully saturated rings. The van der Waals surface area contributed by atoms with Gasteiger partial charge in [-0.15, -0.1) is 0 Å². The number of aromatic nitrogens is 1. The van der Waals surface area contributed by atoms with E-state index in [1.54, 1.807) is 6.20 Å². The van der Waals surface area contributed by atoms with E-state index in [1.165, 1.54) is 0 Å². The van der Waals surface area contributed by atoms with Crippen LogP contribution in [0.2, 0.25) is 0 Å². The van der Waals surface area contributed by atoms with Gasteiger partial charge in [0.25, 0.3) is 5.92 Å². The highest BCUT2D eigenvalue weighted by Gasteiger charge is 2.36. The Morgan fingerprint density at radius 3 is 2.56 bits per heavy atom. The molecule has 5 heteroatoms. The van der Waals surface area contributed by atoms with Crippen molar-refractivity contribution in [2.75, 3.05) is 19.6 Å². The number of hydrogen-bond acceptors (Lipinski definition) is 3. The molecule has 0 amide bonds. The van der Waals surface area contributed by atoms with Crippen molar-refractivity contribution in [2.24, 2.45) is 5.73 Å². The van der Waals surface area contributed by atoms with Gasteiger partial charge < -0.3 is 5.73 Å². The van der Waals surface area contributed by atoms with E-state index in [2.05, 4.69) is 4.98 Å². The molecular weight excluding hydrogens is 236 g/mol. The van der Waals surface area contributed by atoms with E-state index in [-0.39, 0.29) is 18.9 Å². The lowest BCUT2D eigenvalue weighted by Gasteiger charge is -2.37. The fourth-order valence-corrected chi connectivity index (χ4v) is 2.34. The van der Waals surface area contributed by atoms with E-state index >= 15 is 0 Å². The third-order valence-corrected chi connectivity index (χ3v) is 3.51. The normalized spacial score (nSPS) is 21.8. The molecule has 0 aliphatic carbocycles. The first kappa shape index (κ1) is 13.4. The smallest absolute Gasteiger partial charge is 0.250 e. The van der Waals surface area contributed by atoms with Gasteiger partial charge in [-0.2, -0.15) is 0 Å². The van der Waals surface area contributed by atoms with E-state index in [0.717, 1.165) is 11.3 Å². The average molecular weight is 255 g/mol. The van der Waals surface area contributed by atoms with Crippen LogP contribution in [0, 0.1) is 6.92 Å². The monoisotopic (exact) mass is 255 g/mol. The Morgan fingerprint density at radius 1 is 1.39 bits per heavy atom. The van der Waals surface area contributed by atoms with Crippen LogP contribution in [-0.4, -0.2) is 35.4 Å². The summed E-state index contributed by atoms with van der Waals surface area (Å²) in [6.45, 7) is 3.13. The number of alkyl halides is 2. The second kappa shape index (κ2) is 5.28. The van der Waals surface area contributed by atoms with Crippen LogP contribution < -0.4 is 5.73 Å². The average Bonchev–Trinajstić information content (AvgIpc) is 2.34. The maximum atomic E-state index is 13.1. The Morgan fingerprint density at radius 2 is 2.06 bits per heavy atom. The molecular formula is C13H19F2N3. The number of nitrogens with two attached hydrogens (primary N) is 1. The number of aryl methyl sites for hydroxylation is 1. The highest BCUT2D eigenvalue weighted by atomic mass is 19.3. The van der Waals surface area contributed by atoms with Crippen molar-refractivity contribution in [3.05, 3.63) is 29.6 Å². The fourth-order valence-electron chi connectivity index (χ4n) is 2.34. The summed E-state index contributed by atoms with van der Waals surface area (Å²) in [4.78, 5) is 6.27. The van der Waals surface area contributed by atoms with Gasteiger partial charge in [-0.1, -0.05) is 6.07 Å². The fraction of sp³-hybridized carbons (Fsp3) is 0.615. The Bertz CT molecular complexity index is 382. The molecule has 0 aromatic carbocycles. The molecule has 3 nitrogen and oxygen atoms in total. The van der Waals surface area contributed by atoms with E-state index in [9.17, 15) is 8.78 Å². The van der Waals surface area contributed by atoms with E-state index < -0.39 is 5.92 Å². The first-order chi connectivity index (χ1) is 8.52. The van der Waals surface area contributed by atoms with Crippen molar-refractivity contribution in [1.29, 1.82) is 0 Å². The summed E-state index contributed by atoms with van der Waals surface area (Å²) in [6, 6.07) is 3.90. The number of hydrogen-bond donors (Lipinski definition) is 1. The molecule has 1 aromatic rings. The number of nitrogens with zero attached hydrogens (tertiary/aromatic N) is 2. The number of piperidine rings is 1. The predicted octanol–water partition coefficient (Wildman–Crippen LogP) is 2.12. The van der Waals surface area contributed by atoms with Gasteiger partial charge in [0.15, 0.2) is 0 Å². The van der Waals surface area contributed by atoms with Gasteiger partial charge in [-0.25, -0.2) is 8.78 Å². The number of likely N-dealkylation sites (tertiary alicyclic amines) is 1. The predicted molar refractivity (Wildman–Crippen MR) is 66.5 cm³/mol. The van der Waals surface area contributed by atoms with Crippen molar-refractivity contribution < 1.29 is 8.78 Å². The first-order valence-corrected chi connectivity index (χ1v) is 6.26. The van der Waals surface area contributed by atoms with E-state index in [4.69, 9.17) is 5.73 Å². The van der Waals surface area contributed by atoms with Crippen LogP contribution in [0.5, 0.6) is 0 Å². The van der Waals surface area contributed by atoms with Crippen molar-refractivity contribution in [2.45, 2.75) is 31.7 Å². The lowest BCUT2D eigenvalue weighted by molar-refractivity contribution is -0.0627. The molecule has 0 spiro atoms. The molecule has 2 heterocycles. The molecule has 2 N–H and O–H groups in total. The lowest BCUT2D eigenvalue weighted by atomic mass is 10.0. The van der Waals surface area contributed by atoms with Gasteiger partial charge in [-0.05, 0) is 18.6 Å². The zero-order valence-electron chi connectivity index (χ0n) is 10.6. The van der Waals surface area contributed by atoms with Crippen molar-refractivity contribution in [3.63, 3.8) is 0 Å². The third-order valence-electron chi connectivity index (χ3n) is 3.51. The quantitative estimate of drug-likeness (QED) is 0.899.